The first kappa shape index (κ1) is 18.1. The Morgan fingerprint density at radius 2 is 1.84 bits per heavy atom. The lowest BCUT2D eigenvalue weighted by Crippen LogP contribution is -2.64. The van der Waals surface area contributed by atoms with Crippen LogP contribution in [0.3, 0.4) is 0 Å². The third-order valence-corrected chi connectivity index (χ3v) is 5.49. The van der Waals surface area contributed by atoms with Crippen LogP contribution in [-0.2, 0) is 9.53 Å². The number of carbonyl (C=O) groups is 1. The molecule has 0 radical (unpaired) electrons. The maximum absolute atomic E-state index is 13.1. The molecule has 1 amide bonds. The van der Waals surface area contributed by atoms with Gasteiger partial charge in [-0.15, -0.1) is 0 Å². The average Bonchev–Trinajstić information content (AvgIpc) is 2.61. The fraction of sp³-hybridized carbons (Fsp3) is 0.650. The molecule has 2 saturated heterocycles. The van der Waals surface area contributed by atoms with Crippen molar-refractivity contribution in [1.29, 1.82) is 0 Å². The van der Waals surface area contributed by atoms with Gasteiger partial charge in [-0.25, -0.2) is 0 Å². The molecule has 1 atom stereocenters. The Labute approximate surface area is 150 Å². The Bertz CT molecular complexity index is 606. The van der Waals surface area contributed by atoms with Gasteiger partial charge < -0.3 is 19.3 Å². The highest BCUT2D eigenvalue weighted by molar-refractivity contribution is 5.85. The van der Waals surface area contributed by atoms with E-state index < -0.39 is 5.60 Å². The highest BCUT2D eigenvalue weighted by Gasteiger charge is 2.43. The van der Waals surface area contributed by atoms with E-state index in [1.54, 1.807) is 7.11 Å². The topological polar surface area (TPSA) is 42.0 Å². The Balaban J connectivity index is 1.72. The van der Waals surface area contributed by atoms with E-state index in [1.807, 2.05) is 24.0 Å². The summed E-state index contributed by atoms with van der Waals surface area (Å²) in [5.41, 5.74) is 0.391. The molecule has 0 aliphatic carbocycles. The summed E-state index contributed by atoms with van der Waals surface area (Å²) >= 11 is 0. The molecule has 25 heavy (non-hydrogen) atoms. The summed E-state index contributed by atoms with van der Waals surface area (Å²) in [5.74, 6) is 1.01. The summed E-state index contributed by atoms with van der Waals surface area (Å²) in [4.78, 5) is 17.4. The lowest BCUT2D eigenvalue weighted by molar-refractivity contribution is -0.163. The number of benzene rings is 1. The summed E-state index contributed by atoms with van der Waals surface area (Å²) < 4.78 is 11.1. The molecule has 2 aliphatic heterocycles. The monoisotopic (exact) mass is 346 g/mol. The van der Waals surface area contributed by atoms with Crippen LogP contribution < -0.4 is 9.64 Å². The van der Waals surface area contributed by atoms with Gasteiger partial charge in [-0.1, -0.05) is 0 Å². The van der Waals surface area contributed by atoms with Crippen molar-refractivity contribution in [2.45, 2.75) is 51.2 Å². The second-order valence-corrected chi connectivity index (χ2v) is 7.93. The zero-order valence-electron chi connectivity index (χ0n) is 15.9. The van der Waals surface area contributed by atoms with Crippen LogP contribution in [0.15, 0.2) is 24.3 Å². The van der Waals surface area contributed by atoms with Crippen molar-refractivity contribution in [3.8, 4) is 5.75 Å². The first-order valence-electron chi connectivity index (χ1n) is 9.21. The van der Waals surface area contributed by atoms with Crippen molar-refractivity contribution in [2.75, 3.05) is 38.3 Å². The molecule has 0 N–H and O–H groups in total. The van der Waals surface area contributed by atoms with Crippen LogP contribution in [0.25, 0.3) is 0 Å². The van der Waals surface area contributed by atoms with E-state index in [0.717, 1.165) is 43.8 Å². The average molecular weight is 346 g/mol. The smallest absolute Gasteiger partial charge is 0.254 e. The molecule has 0 bridgehead atoms. The molecule has 2 heterocycles. The maximum Gasteiger partial charge on any atom is 0.254 e. The fourth-order valence-corrected chi connectivity index (χ4v) is 4.01. The molecular weight excluding hydrogens is 316 g/mol. The molecule has 3 rings (SSSR count). The van der Waals surface area contributed by atoms with E-state index in [4.69, 9.17) is 9.47 Å². The number of carbonyl (C=O) groups excluding carboxylic acids is 1. The highest BCUT2D eigenvalue weighted by Crippen LogP contribution is 2.32. The Kier molecular flexibility index (Phi) is 4.96. The predicted molar refractivity (Wildman–Crippen MR) is 99.2 cm³/mol. The number of methoxy groups -OCH3 is 1. The van der Waals surface area contributed by atoms with Crippen LogP contribution in [0, 0.1) is 0 Å². The second kappa shape index (κ2) is 6.87. The molecule has 1 aromatic rings. The number of ether oxygens (including phenoxy) is 2. The standard InChI is InChI=1S/C20H30N2O3/c1-19(2)15-21(18(23)20(3)11-5-6-14-25-20)12-13-22(19)16-7-9-17(24-4)10-8-16/h7-10H,5-6,11-15H2,1-4H3/t20-/m1/s1. The molecule has 138 valence electrons. The lowest BCUT2D eigenvalue weighted by Gasteiger charge is -2.50. The Hall–Kier alpha value is -1.75. The van der Waals surface area contributed by atoms with Crippen LogP contribution in [0.1, 0.15) is 40.0 Å². The third-order valence-electron chi connectivity index (χ3n) is 5.49. The summed E-state index contributed by atoms with van der Waals surface area (Å²) in [6.45, 7) is 9.29. The Morgan fingerprint density at radius 1 is 1.12 bits per heavy atom. The summed E-state index contributed by atoms with van der Waals surface area (Å²) in [6.07, 6.45) is 2.95. The van der Waals surface area contributed by atoms with Crippen molar-refractivity contribution in [2.24, 2.45) is 0 Å². The van der Waals surface area contributed by atoms with Crippen molar-refractivity contribution in [3.05, 3.63) is 24.3 Å². The van der Waals surface area contributed by atoms with Gasteiger partial charge >= 0.3 is 0 Å². The number of hydrogen-bond acceptors (Lipinski definition) is 4. The van der Waals surface area contributed by atoms with E-state index in [0.29, 0.717) is 13.2 Å². The van der Waals surface area contributed by atoms with Gasteiger partial charge in [-0.2, -0.15) is 0 Å². The SMILES string of the molecule is COc1ccc(N2CCN(C(=O)[C@@]3(C)CCCCO3)CC2(C)C)cc1. The van der Waals surface area contributed by atoms with Gasteiger partial charge in [0.25, 0.3) is 5.91 Å². The van der Waals surface area contributed by atoms with Crippen LogP contribution in [0.2, 0.25) is 0 Å². The summed E-state index contributed by atoms with van der Waals surface area (Å²) in [5, 5.41) is 0. The fourth-order valence-electron chi connectivity index (χ4n) is 4.01. The van der Waals surface area contributed by atoms with Gasteiger partial charge in [0, 0.05) is 31.9 Å². The van der Waals surface area contributed by atoms with Crippen molar-refractivity contribution in [1.82, 2.24) is 4.90 Å². The van der Waals surface area contributed by atoms with Gasteiger partial charge in [0.15, 0.2) is 0 Å². The minimum atomic E-state index is -0.642. The molecule has 0 aromatic heterocycles. The molecule has 0 spiro atoms. The Morgan fingerprint density at radius 3 is 2.40 bits per heavy atom. The molecule has 1 aromatic carbocycles. The summed E-state index contributed by atoms with van der Waals surface area (Å²) in [7, 11) is 1.68. The molecule has 0 saturated carbocycles. The quantitative estimate of drug-likeness (QED) is 0.843. The second-order valence-electron chi connectivity index (χ2n) is 7.93. The molecular formula is C20H30N2O3. The lowest BCUT2D eigenvalue weighted by atomic mass is 9.91. The predicted octanol–water partition coefficient (Wildman–Crippen LogP) is 3.08. The third kappa shape index (κ3) is 3.61. The van der Waals surface area contributed by atoms with E-state index >= 15 is 0 Å². The van der Waals surface area contributed by atoms with E-state index in [-0.39, 0.29) is 11.4 Å². The van der Waals surface area contributed by atoms with Gasteiger partial charge in [0.2, 0.25) is 0 Å². The minimum absolute atomic E-state index is 0.131. The van der Waals surface area contributed by atoms with Crippen LogP contribution in [0.4, 0.5) is 5.69 Å². The number of amides is 1. The van der Waals surface area contributed by atoms with Crippen LogP contribution in [0.5, 0.6) is 5.75 Å². The van der Waals surface area contributed by atoms with Gasteiger partial charge in [-0.3, -0.25) is 4.79 Å². The largest absolute Gasteiger partial charge is 0.497 e. The molecule has 2 aliphatic rings. The van der Waals surface area contributed by atoms with Gasteiger partial charge in [0.1, 0.15) is 11.4 Å². The first-order chi connectivity index (χ1) is 11.9. The van der Waals surface area contributed by atoms with Crippen LogP contribution in [-0.4, -0.2) is 55.3 Å². The molecule has 2 fully saturated rings. The van der Waals surface area contributed by atoms with Gasteiger partial charge in [-0.05, 0) is 64.3 Å². The van der Waals surface area contributed by atoms with Crippen LogP contribution >= 0.6 is 0 Å². The molecule has 5 nitrogen and oxygen atoms in total. The zero-order chi connectivity index (χ0) is 18.1. The number of anilines is 1. The zero-order valence-corrected chi connectivity index (χ0v) is 15.9. The normalized spacial score (nSPS) is 26.4. The van der Waals surface area contributed by atoms with Crippen molar-refractivity contribution >= 4 is 11.6 Å². The highest BCUT2D eigenvalue weighted by atomic mass is 16.5. The van der Waals surface area contributed by atoms with E-state index in [2.05, 4.69) is 30.9 Å². The van der Waals surface area contributed by atoms with E-state index in [9.17, 15) is 4.79 Å². The minimum Gasteiger partial charge on any atom is -0.497 e. The van der Waals surface area contributed by atoms with Gasteiger partial charge in [0.05, 0.1) is 12.6 Å². The number of nitrogens with zero attached hydrogens (tertiary/aromatic N) is 2. The number of hydrogen-bond donors (Lipinski definition) is 0. The number of piperazine rings is 1. The van der Waals surface area contributed by atoms with E-state index in [1.165, 1.54) is 0 Å². The first-order valence-corrected chi connectivity index (χ1v) is 9.21. The number of rotatable bonds is 3. The molecule has 0 unspecified atom stereocenters. The maximum atomic E-state index is 13.1. The van der Waals surface area contributed by atoms with Crippen molar-refractivity contribution in [3.63, 3.8) is 0 Å². The van der Waals surface area contributed by atoms with Crippen molar-refractivity contribution < 1.29 is 14.3 Å². The summed E-state index contributed by atoms with van der Waals surface area (Å²) in [6, 6.07) is 8.15. The molecule has 5 heteroatoms.